The van der Waals surface area contributed by atoms with Crippen molar-refractivity contribution in [2.24, 2.45) is 5.92 Å². The van der Waals surface area contributed by atoms with Crippen LogP contribution in [0.3, 0.4) is 0 Å². The van der Waals surface area contributed by atoms with Gasteiger partial charge < -0.3 is 10.6 Å². The molecule has 2 atom stereocenters. The molecule has 98 valence electrons. The van der Waals surface area contributed by atoms with Gasteiger partial charge in [-0.1, -0.05) is 6.92 Å². The number of nitrogen functional groups attached to an aromatic ring is 1. The number of amides is 1. The third-order valence-electron chi connectivity index (χ3n) is 3.62. The second-order valence-corrected chi connectivity index (χ2v) is 6.08. The molecule has 1 aliphatic rings. The van der Waals surface area contributed by atoms with Gasteiger partial charge in [0.05, 0.1) is 0 Å². The molecule has 1 aromatic carbocycles. The summed E-state index contributed by atoms with van der Waals surface area (Å²) in [5, 5.41) is 0. The van der Waals surface area contributed by atoms with Gasteiger partial charge in [-0.25, -0.2) is 0 Å². The summed E-state index contributed by atoms with van der Waals surface area (Å²) in [7, 11) is 0. The molecule has 0 bridgehead atoms. The number of hydrogen-bond donors (Lipinski definition) is 1. The second-order valence-electron chi connectivity index (χ2n) is 5.23. The molecular formula is C14H19BrN2O. The normalized spacial score (nSPS) is 24.1. The van der Waals surface area contributed by atoms with Crippen molar-refractivity contribution in [3.63, 3.8) is 0 Å². The van der Waals surface area contributed by atoms with E-state index >= 15 is 0 Å². The van der Waals surface area contributed by atoms with E-state index in [-0.39, 0.29) is 5.91 Å². The number of hydrogen-bond acceptors (Lipinski definition) is 2. The second kappa shape index (κ2) is 5.31. The van der Waals surface area contributed by atoms with E-state index in [4.69, 9.17) is 5.73 Å². The summed E-state index contributed by atoms with van der Waals surface area (Å²) in [6, 6.07) is 5.73. The Labute approximate surface area is 116 Å². The first-order chi connectivity index (χ1) is 8.49. The molecule has 1 heterocycles. The molecule has 3 nitrogen and oxygen atoms in total. The number of anilines is 1. The maximum absolute atomic E-state index is 12.5. The lowest BCUT2D eigenvalue weighted by atomic mass is 9.94. The van der Waals surface area contributed by atoms with Crippen LogP contribution in [0.25, 0.3) is 0 Å². The van der Waals surface area contributed by atoms with Crippen LogP contribution in [-0.4, -0.2) is 23.4 Å². The molecular weight excluding hydrogens is 292 g/mol. The van der Waals surface area contributed by atoms with Crippen LogP contribution in [0.5, 0.6) is 0 Å². The molecule has 0 saturated carbocycles. The average Bonchev–Trinajstić information content (AvgIpc) is 2.35. The third-order valence-corrected chi connectivity index (χ3v) is 4.34. The minimum atomic E-state index is 0.0910. The molecule has 1 amide bonds. The summed E-state index contributed by atoms with van der Waals surface area (Å²) in [4.78, 5) is 14.4. The van der Waals surface area contributed by atoms with Gasteiger partial charge in [-0.05, 0) is 59.8 Å². The average molecular weight is 311 g/mol. The largest absolute Gasteiger partial charge is 0.398 e. The van der Waals surface area contributed by atoms with Gasteiger partial charge in [-0.3, -0.25) is 4.79 Å². The smallest absolute Gasteiger partial charge is 0.254 e. The lowest BCUT2D eigenvalue weighted by Crippen LogP contribution is -2.44. The molecule has 4 heteroatoms. The lowest BCUT2D eigenvalue weighted by Gasteiger charge is -2.37. The van der Waals surface area contributed by atoms with Crippen molar-refractivity contribution in [2.75, 3.05) is 12.3 Å². The van der Waals surface area contributed by atoms with Gasteiger partial charge in [-0.15, -0.1) is 0 Å². The fourth-order valence-corrected chi connectivity index (χ4v) is 2.66. The maximum atomic E-state index is 12.5. The highest BCUT2D eigenvalue weighted by molar-refractivity contribution is 9.10. The molecule has 2 rings (SSSR count). The Morgan fingerprint density at radius 1 is 1.39 bits per heavy atom. The van der Waals surface area contributed by atoms with Crippen LogP contribution in [0.4, 0.5) is 5.69 Å². The van der Waals surface area contributed by atoms with Gasteiger partial charge in [-0.2, -0.15) is 0 Å². The number of likely N-dealkylation sites (tertiary alicyclic amines) is 1. The van der Waals surface area contributed by atoms with Crippen molar-refractivity contribution in [3.05, 3.63) is 28.2 Å². The number of piperidine rings is 1. The first-order valence-corrected chi connectivity index (χ1v) is 7.14. The van der Waals surface area contributed by atoms with Crippen molar-refractivity contribution in [2.45, 2.75) is 32.7 Å². The molecule has 0 aromatic heterocycles. The molecule has 1 aliphatic heterocycles. The number of halogens is 1. The van der Waals surface area contributed by atoms with E-state index in [1.165, 1.54) is 6.42 Å². The first-order valence-electron chi connectivity index (χ1n) is 6.35. The van der Waals surface area contributed by atoms with Crippen LogP contribution < -0.4 is 5.73 Å². The molecule has 0 radical (unpaired) electrons. The Balaban J connectivity index is 2.21. The van der Waals surface area contributed by atoms with E-state index in [0.29, 0.717) is 23.2 Å². The fourth-order valence-electron chi connectivity index (χ4n) is 2.41. The molecule has 1 saturated heterocycles. The van der Waals surface area contributed by atoms with Crippen LogP contribution >= 0.6 is 15.9 Å². The molecule has 18 heavy (non-hydrogen) atoms. The van der Waals surface area contributed by atoms with Gasteiger partial charge in [0.15, 0.2) is 0 Å². The topological polar surface area (TPSA) is 46.3 Å². The van der Waals surface area contributed by atoms with Crippen LogP contribution in [0.2, 0.25) is 0 Å². The summed E-state index contributed by atoms with van der Waals surface area (Å²) >= 11 is 3.35. The molecule has 1 fully saturated rings. The summed E-state index contributed by atoms with van der Waals surface area (Å²) < 4.78 is 0.833. The van der Waals surface area contributed by atoms with Crippen LogP contribution in [-0.2, 0) is 0 Å². The van der Waals surface area contributed by atoms with Gasteiger partial charge >= 0.3 is 0 Å². The van der Waals surface area contributed by atoms with E-state index in [9.17, 15) is 4.79 Å². The Hall–Kier alpha value is -1.03. The molecule has 0 spiro atoms. The van der Waals surface area contributed by atoms with Crippen LogP contribution in [0, 0.1) is 5.92 Å². The highest BCUT2D eigenvalue weighted by Crippen LogP contribution is 2.25. The highest BCUT2D eigenvalue weighted by Gasteiger charge is 2.27. The van der Waals surface area contributed by atoms with E-state index in [1.807, 2.05) is 17.0 Å². The van der Waals surface area contributed by atoms with Gasteiger partial charge in [0, 0.05) is 28.3 Å². The number of benzene rings is 1. The Morgan fingerprint density at radius 2 is 2.11 bits per heavy atom. The number of carbonyl (C=O) groups is 1. The van der Waals surface area contributed by atoms with Gasteiger partial charge in [0.1, 0.15) is 0 Å². The van der Waals surface area contributed by atoms with Crippen molar-refractivity contribution >= 4 is 27.5 Å². The molecule has 2 unspecified atom stereocenters. The van der Waals surface area contributed by atoms with E-state index in [2.05, 4.69) is 29.8 Å². The van der Waals surface area contributed by atoms with Crippen LogP contribution in [0.1, 0.15) is 37.0 Å². The number of carbonyl (C=O) groups excluding carboxylic acids is 1. The summed E-state index contributed by atoms with van der Waals surface area (Å²) in [6.07, 6.45) is 2.28. The standard InChI is InChI=1S/C14H19BrN2O/c1-9-3-4-10(2)17(8-9)14(18)11-5-6-12(15)13(16)7-11/h5-7,9-10H,3-4,8,16H2,1-2H3. The van der Waals surface area contributed by atoms with Crippen molar-refractivity contribution in [1.29, 1.82) is 0 Å². The third kappa shape index (κ3) is 2.69. The van der Waals surface area contributed by atoms with E-state index in [0.717, 1.165) is 17.4 Å². The SMILES string of the molecule is CC1CCC(C)N(C(=O)c2ccc(Br)c(N)c2)C1. The predicted octanol–water partition coefficient (Wildman–Crippen LogP) is 3.29. The number of nitrogens with zero attached hydrogens (tertiary/aromatic N) is 1. The number of rotatable bonds is 1. The Bertz CT molecular complexity index is 461. The lowest BCUT2D eigenvalue weighted by molar-refractivity contribution is 0.0574. The van der Waals surface area contributed by atoms with Crippen molar-refractivity contribution in [3.8, 4) is 0 Å². The first kappa shape index (κ1) is 13.4. The Kier molecular flexibility index (Phi) is 3.95. The van der Waals surface area contributed by atoms with Gasteiger partial charge in [0.2, 0.25) is 0 Å². The fraction of sp³-hybridized carbons (Fsp3) is 0.500. The quantitative estimate of drug-likeness (QED) is 0.809. The van der Waals surface area contributed by atoms with Crippen LogP contribution in [0.15, 0.2) is 22.7 Å². The summed E-state index contributed by atoms with van der Waals surface area (Å²) in [6.45, 7) is 5.16. The monoisotopic (exact) mass is 310 g/mol. The zero-order valence-corrected chi connectivity index (χ0v) is 12.4. The predicted molar refractivity (Wildman–Crippen MR) is 77.5 cm³/mol. The maximum Gasteiger partial charge on any atom is 0.254 e. The molecule has 0 aliphatic carbocycles. The summed E-state index contributed by atoms with van der Waals surface area (Å²) in [5.41, 5.74) is 7.12. The van der Waals surface area contributed by atoms with E-state index < -0.39 is 0 Å². The van der Waals surface area contributed by atoms with E-state index in [1.54, 1.807) is 6.07 Å². The minimum Gasteiger partial charge on any atom is -0.398 e. The Morgan fingerprint density at radius 3 is 2.78 bits per heavy atom. The molecule has 1 aromatic rings. The highest BCUT2D eigenvalue weighted by atomic mass is 79.9. The zero-order chi connectivity index (χ0) is 13.3. The van der Waals surface area contributed by atoms with Crippen molar-refractivity contribution in [1.82, 2.24) is 4.90 Å². The molecule has 2 N–H and O–H groups in total. The summed E-state index contributed by atoms with van der Waals surface area (Å²) in [5.74, 6) is 0.672. The minimum absolute atomic E-state index is 0.0910. The zero-order valence-electron chi connectivity index (χ0n) is 10.8. The number of nitrogens with two attached hydrogens (primary N) is 1. The van der Waals surface area contributed by atoms with Gasteiger partial charge in [0.25, 0.3) is 5.91 Å². The van der Waals surface area contributed by atoms with Crippen molar-refractivity contribution < 1.29 is 4.79 Å².